The summed E-state index contributed by atoms with van der Waals surface area (Å²) in [5.41, 5.74) is 14.2. The van der Waals surface area contributed by atoms with Gasteiger partial charge in [-0.05, 0) is 121 Å². The summed E-state index contributed by atoms with van der Waals surface area (Å²) in [6.45, 7) is 28.5. The van der Waals surface area contributed by atoms with E-state index in [4.69, 9.17) is 16.8 Å². The molecule has 2 heterocycles. The van der Waals surface area contributed by atoms with Gasteiger partial charge in [-0.2, -0.15) is 0 Å². The molecular weight excluding hydrogens is 779 g/mol. The zero-order chi connectivity index (χ0) is 50.2. The SMILES string of the molecule is [2H]c1c([2H])c([2H])c(-c2ccnc(-c3cc(-c4cccc5c4nc(-c4cc(C(C)C)cc(C(C)C)c4O)n5-c4cc(C(C)(C)C)ccc4-c4ccc(C(C)(C)C)cc4)cc(C(C)(C)C)c3)c2)c([2H])c1[2H]. The molecule has 0 saturated heterocycles. The maximum Gasteiger partial charge on any atom is 0.149 e. The quantitative estimate of drug-likeness (QED) is 0.166. The molecule has 0 radical (unpaired) electrons. The Morgan fingerprint density at radius 3 is 1.84 bits per heavy atom. The lowest BCUT2D eigenvalue weighted by Crippen LogP contribution is -2.13. The van der Waals surface area contributed by atoms with E-state index in [1.54, 1.807) is 18.3 Å². The molecule has 2 aromatic heterocycles. The predicted octanol–water partition coefficient (Wildman–Crippen LogP) is 16.6. The fraction of sp³-hybridized carbons (Fsp3) is 0.300. The van der Waals surface area contributed by atoms with E-state index in [1.165, 1.54) is 11.1 Å². The maximum atomic E-state index is 12.4. The van der Waals surface area contributed by atoms with Gasteiger partial charge in [-0.3, -0.25) is 9.55 Å². The number of hydrogen-bond donors (Lipinski definition) is 1. The van der Waals surface area contributed by atoms with Gasteiger partial charge in [0.15, 0.2) is 0 Å². The minimum Gasteiger partial charge on any atom is -0.507 e. The molecule has 0 saturated carbocycles. The molecule has 0 fully saturated rings. The van der Waals surface area contributed by atoms with Crippen molar-refractivity contribution in [2.24, 2.45) is 0 Å². The Morgan fingerprint density at radius 1 is 0.547 bits per heavy atom. The molecule has 64 heavy (non-hydrogen) atoms. The van der Waals surface area contributed by atoms with Crippen LogP contribution in [0.1, 0.15) is 137 Å². The lowest BCUT2D eigenvalue weighted by molar-refractivity contribution is 0.466. The Bertz CT molecular complexity index is 3260. The first-order chi connectivity index (χ1) is 32.3. The van der Waals surface area contributed by atoms with Crippen LogP contribution in [-0.2, 0) is 16.2 Å². The molecule has 8 rings (SSSR count). The summed E-state index contributed by atoms with van der Waals surface area (Å²) in [6, 6.07) is 34.4. The van der Waals surface area contributed by atoms with Crippen molar-refractivity contribution >= 4 is 11.0 Å². The van der Waals surface area contributed by atoms with E-state index < -0.39 is 6.04 Å². The lowest BCUT2D eigenvalue weighted by Gasteiger charge is -2.24. The first-order valence-corrected chi connectivity index (χ1v) is 22.6. The first-order valence-electron chi connectivity index (χ1n) is 25.1. The summed E-state index contributed by atoms with van der Waals surface area (Å²) in [5, 5.41) is 12.4. The number of hydrogen-bond acceptors (Lipinski definition) is 3. The van der Waals surface area contributed by atoms with Crippen LogP contribution in [0.3, 0.4) is 0 Å². The van der Waals surface area contributed by atoms with Crippen molar-refractivity contribution < 1.29 is 12.0 Å². The van der Waals surface area contributed by atoms with E-state index >= 15 is 0 Å². The van der Waals surface area contributed by atoms with Crippen LogP contribution in [0, 0.1) is 0 Å². The second-order valence-electron chi connectivity index (χ2n) is 21.0. The van der Waals surface area contributed by atoms with Gasteiger partial charge in [-0.1, -0.05) is 181 Å². The molecule has 326 valence electrons. The van der Waals surface area contributed by atoms with Crippen molar-refractivity contribution in [2.75, 3.05) is 0 Å². The van der Waals surface area contributed by atoms with Crippen molar-refractivity contribution in [3.05, 3.63) is 167 Å². The number of aromatic hydroxyl groups is 1. The summed E-state index contributed by atoms with van der Waals surface area (Å²) in [4.78, 5) is 10.5. The monoisotopic (exact) mass is 849 g/mol. The van der Waals surface area contributed by atoms with Crippen LogP contribution in [0.15, 0.2) is 140 Å². The Labute approximate surface area is 389 Å². The average Bonchev–Trinajstić information content (AvgIpc) is 3.68. The van der Waals surface area contributed by atoms with E-state index in [0.29, 0.717) is 22.6 Å². The number of phenolic OH excluding ortho intramolecular Hbond substituents is 1. The smallest absolute Gasteiger partial charge is 0.149 e. The summed E-state index contributed by atoms with van der Waals surface area (Å²) in [7, 11) is 0. The van der Waals surface area contributed by atoms with E-state index in [9.17, 15) is 5.11 Å². The molecule has 0 bridgehead atoms. The number of phenols is 1. The van der Waals surface area contributed by atoms with Crippen molar-refractivity contribution in [1.82, 2.24) is 14.5 Å². The van der Waals surface area contributed by atoms with E-state index in [0.717, 1.165) is 61.2 Å². The summed E-state index contributed by atoms with van der Waals surface area (Å²) in [6.07, 6.45) is 1.63. The number of rotatable bonds is 8. The highest BCUT2D eigenvalue weighted by Gasteiger charge is 2.27. The molecule has 0 spiro atoms. The minimum atomic E-state index is -0.429. The molecule has 8 aromatic rings. The fourth-order valence-electron chi connectivity index (χ4n) is 8.46. The topological polar surface area (TPSA) is 50.9 Å². The molecule has 4 nitrogen and oxygen atoms in total. The van der Waals surface area contributed by atoms with Crippen LogP contribution in [0.25, 0.3) is 72.7 Å². The van der Waals surface area contributed by atoms with Gasteiger partial charge in [0.1, 0.15) is 11.6 Å². The minimum absolute atomic E-state index is 0.0119. The molecule has 6 aromatic carbocycles. The highest BCUT2D eigenvalue weighted by molar-refractivity contribution is 5.98. The standard InChI is InChI=1S/C60H65N3O/c1-37(2)42-33-50(38(3)4)56(64)51(34-42)57-62-55-49(43-30-44(32-47(31-43)60(11,12)13)52-35-41(28-29-61-52)39-18-15-14-16-19-39)20-17-21-53(55)63(57)54-36-46(59(8,9)10)26-27-48(54)40-22-24-45(25-23-40)58(5,6)7/h14-38,64H,1-13H3/i14D,15D,16D,18D,19D. The van der Waals surface area contributed by atoms with Gasteiger partial charge in [0.05, 0.1) is 34.8 Å². The third-order valence-corrected chi connectivity index (χ3v) is 12.5. The molecule has 0 atom stereocenters. The number of para-hydroxylation sites is 1. The zero-order valence-electron chi connectivity index (χ0n) is 44.8. The average molecular weight is 849 g/mol. The van der Waals surface area contributed by atoms with Gasteiger partial charge >= 0.3 is 0 Å². The van der Waals surface area contributed by atoms with E-state index in [2.05, 4.69) is 186 Å². The maximum absolute atomic E-state index is 12.4. The normalized spacial score (nSPS) is 13.6. The Morgan fingerprint density at radius 2 is 1.20 bits per heavy atom. The van der Waals surface area contributed by atoms with Gasteiger partial charge in [0.25, 0.3) is 0 Å². The molecule has 0 aliphatic carbocycles. The zero-order valence-corrected chi connectivity index (χ0v) is 39.8. The van der Waals surface area contributed by atoms with E-state index in [-0.39, 0.29) is 63.6 Å². The van der Waals surface area contributed by atoms with Crippen LogP contribution in [0.5, 0.6) is 5.75 Å². The van der Waals surface area contributed by atoms with Gasteiger partial charge in [-0.15, -0.1) is 0 Å². The number of aromatic nitrogens is 3. The Balaban J connectivity index is 1.45. The second-order valence-corrected chi connectivity index (χ2v) is 21.0. The molecule has 4 heteroatoms. The van der Waals surface area contributed by atoms with Crippen molar-refractivity contribution in [3.63, 3.8) is 0 Å². The highest BCUT2D eigenvalue weighted by Crippen LogP contribution is 2.45. The Kier molecular flexibility index (Phi) is 9.97. The molecular formula is C60H65N3O. The summed E-state index contributed by atoms with van der Waals surface area (Å²) < 4.78 is 44.6. The highest BCUT2D eigenvalue weighted by atomic mass is 16.3. The number of pyridine rings is 1. The Hall–Kier alpha value is -6.26. The third-order valence-electron chi connectivity index (χ3n) is 12.5. The summed E-state index contributed by atoms with van der Waals surface area (Å²) >= 11 is 0. The van der Waals surface area contributed by atoms with Crippen LogP contribution < -0.4 is 0 Å². The largest absolute Gasteiger partial charge is 0.507 e. The number of fused-ring (bicyclic) bond motifs is 1. The van der Waals surface area contributed by atoms with Gasteiger partial charge in [0, 0.05) is 22.9 Å². The van der Waals surface area contributed by atoms with Gasteiger partial charge < -0.3 is 5.11 Å². The van der Waals surface area contributed by atoms with Crippen LogP contribution >= 0.6 is 0 Å². The second kappa shape index (κ2) is 16.7. The molecule has 0 amide bonds. The van der Waals surface area contributed by atoms with Gasteiger partial charge in [0.2, 0.25) is 0 Å². The lowest BCUT2D eigenvalue weighted by atomic mass is 9.83. The van der Waals surface area contributed by atoms with Crippen molar-refractivity contribution in [1.29, 1.82) is 0 Å². The number of imidazole rings is 1. The molecule has 1 N–H and O–H groups in total. The summed E-state index contributed by atoms with van der Waals surface area (Å²) in [5.74, 6) is 1.11. The predicted molar refractivity (Wildman–Crippen MR) is 272 cm³/mol. The van der Waals surface area contributed by atoms with Crippen molar-refractivity contribution in [2.45, 2.75) is 118 Å². The molecule has 0 unspecified atom stereocenters. The van der Waals surface area contributed by atoms with Crippen LogP contribution in [-0.4, -0.2) is 19.6 Å². The van der Waals surface area contributed by atoms with Crippen LogP contribution in [0.4, 0.5) is 0 Å². The van der Waals surface area contributed by atoms with E-state index in [1.807, 2.05) is 0 Å². The number of nitrogens with zero attached hydrogens (tertiary/aromatic N) is 3. The van der Waals surface area contributed by atoms with Crippen LogP contribution in [0.2, 0.25) is 0 Å². The molecule has 0 aliphatic heterocycles. The third kappa shape index (κ3) is 8.68. The van der Waals surface area contributed by atoms with Gasteiger partial charge in [-0.25, -0.2) is 4.98 Å². The number of benzene rings is 6. The van der Waals surface area contributed by atoms with Crippen molar-refractivity contribution in [3.8, 4) is 67.5 Å². The first kappa shape index (κ1) is 38.2. The molecule has 0 aliphatic rings. The fourth-order valence-corrected chi connectivity index (χ4v) is 8.46.